The molecule has 0 fully saturated rings. The highest BCUT2D eigenvalue weighted by molar-refractivity contribution is 9.09. The number of hydrogen-bond acceptors (Lipinski definition) is 1. The molecule has 0 saturated heterocycles. The first-order valence-corrected chi connectivity index (χ1v) is 6.33. The average Bonchev–Trinajstić information content (AvgIpc) is 2.25. The summed E-state index contributed by atoms with van der Waals surface area (Å²) < 4.78 is 13.4. The molecule has 0 radical (unpaired) electrons. The van der Waals surface area contributed by atoms with Crippen LogP contribution in [0.25, 0.3) is 0 Å². The number of amides is 1. The summed E-state index contributed by atoms with van der Waals surface area (Å²) in [6.07, 6.45) is 0. The Balaban J connectivity index is 2.66. The van der Waals surface area contributed by atoms with Crippen molar-refractivity contribution in [2.24, 2.45) is 5.92 Å². The minimum Gasteiger partial charge on any atom is -0.352 e. The molecule has 0 aliphatic heterocycles. The van der Waals surface area contributed by atoms with Crippen LogP contribution < -0.4 is 5.32 Å². The van der Waals surface area contributed by atoms with Crippen LogP contribution >= 0.6 is 27.5 Å². The maximum absolute atomic E-state index is 13.4. The first-order chi connectivity index (χ1) is 7.54. The molecule has 1 unspecified atom stereocenters. The number of halogens is 3. The fourth-order valence-corrected chi connectivity index (χ4v) is 1.48. The number of hydrogen-bond donors (Lipinski definition) is 1. The Morgan fingerprint density at radius 3 is 2.88 bits per heavy atom. The molecule has 0 aliphatic rings. The molecule has 0 aromatic heterocycles. The third-order valence-electron chi connectivity index (χ3n) is 2.05. The zero-order chi connectivity index (χ0) is 12.1. The molecule has 0 heterocycles. The smallest absolute Gasteiger partial charge is 0.254 e. The molecular formula is C11H12BrClFNO. The Morgan fingerprint density at radius 2 is 2.31 bits per heavy atom. The summed E-state index contributed by atoms with van der Waals surface area (Å²) in [4.78, 5) is 11.6. The predicted molar refractivity (Wildman–Crippen MR) is 66.7 cm³/mol. The first-order valence-electron chi connectivity index (χ1n) is 4.83. The molecule has 5 heteroatoms. The van der Waals surface area contributed by atoms with Gasteiger partial charge in [0.05, 0.1) is 5.56 Å². The third-order valence-corrected chi connectivity index (χ3v) is 3.39. The first kappa shape index (κ1) is 13.5. The molecular weight excluding hydrogens is 296 g/mol. The lowest BCUT2D eigenvalue weighted by Crippen LogP contribution is -2.29. The summed E-state index contributed by atoms with van der Waals surface area (Å²) in [5.74, 6) is -0.710. The van der Waals surface area contributed by atoms with Gasteiger partial charge in [0.15, 0.2) is 0 Å². The number of nitrogens with one attached hydrogen (secondary N) is 1. The van der Waals surface area contributed by atoms with E-state index in [2.05, 4.69) is 21.2 Å². The van der Waals surface area contributed by atoms with E-state index >= 15 is 0 Å². The van der Waals surface area contributed by atoms with E-state index < -0.39 is 11.7 Å². The van der Waals surface area contributed by atoms with Gasteiger partial charge in [-0.15, -0.1) is 0 Å². The fourth-order valence-electron chi connectivity index (χ4n) is 1.09. The van der Waals surface area contributed by atoms with E-state index in [1.807, 2.05) is 6.92 Å². The highest BCUT2D eigenvalue weighted by Gasteiger charge is 2.12. The van der Waals surface area contributed by atoms with Crippen LogP contribution in [-0.2, 0) is 0 Å². The molecule has 16 heavy (non-hydrogen) atoms. The summed E-state index contributed by atoms with van der Waals surface area (Å²) in [7, 11) is 0. The van der Waals surface area contributed by atoms with Crippen LogP contribution in [0, 0.1) is 11.7 Å². The number of alkyl halides is 1. The molecule has 0 bridgehead atoms. The predicted octanol–water partition coefficient (Wildman–Crippen LogP) is 3.24. The molecule has 1 aromatic carbocycles. The van der Waals surface area contributed by atoms with Gasteiger partial charge in [-0.2, -0.15) is 0 Å². The van der Waals surface area contributed by atoms with Gasteiger partial charge in [-0.3, -0.25) is 4.79 Å². The van der Waals surface area contributed by atoms with Gasteiger partial charge in [0.1, 0.15) is 5.82 Å². The van der Waals surface area contributed by atoms with Crippen molar-refractivity contribution in [2.75, 3.05) is 11.9 Å². The zero-order valence-corrected chi connectivity index (χ0v) is 11.1. The van der Waals surface area contributed by atoms with Crippen molar-refractivity contribution in [1.82, 2.24) is 5.32 Å². The Hall–Kier alpha value is -0.610. The van der Waals surface area contributed by atoms with Crippen molar-refractivity contribution in [3.05, 3.63) is 34.6 Å². The van der Waals surface area contributed by atoms with Crippen LogP contribution in [0.4, 0.5) is 4.39 Å². The van der Waals surface area contributed by atoms with Crippen molar-refractivity contribution in [3.8, 4) is 0 Å². The van der Waals surface area contributed by atoms with Crippen LogP contribution in [0.2, 0.25) is 5.02 Å². The van der Waals surface area contributed by atoms with Crippen molar-refractivity contribution >= 4 is 33.4 Å². The second-order valence-electron chi connectivity index (χ2n) is 3.59. The summed E-state index contributed by atoms with van der Waals surface area (Å²) in [6.45, 7) is 2.49. The van der Waals surface area contributed by atoms with Gasteiger partial charge in [-0.25, -0.2) is 4.39 Å². The third kappa shape index (κ3) is 3.76. The van der Waals surface area contributed by atoms with Gasteiger partial charge < -0.3 is 5.32 Å². The van der Waals surface area contributed by atoms with Crippen molar-refractivity contribution in [2.45, 2.75) is 6.92 Å². The second kappa shape index (κ2) is 6.21. The normalized spacial score (nSPS) is 12.2. The summed E-state index contributed by atoms with van der Waals surface area (Å²) in [5, 5.41) is 3.73. The summed E-state index contributed by atoms with van der Waals surface area (Å²) >= 11 is 8.90. The van der Waals surface area contributed by atoms with Gasteiger partial charge in [-0.05, 0) is 24.1 Å². The average molecular weight is 309 g/mol. The van der Waals surface area contributed by atoms with Crippen LogP contribution in [0.5, 0.6) is 0 Å². The van der Waals surface area contributed by atoms with E-state index in [1.165, 1.54) is 12.1 Å². The van der Waals surface area contributed by atoms with Crippen molar-refractivity contribution in [3.63, 3.8) is 0 Å². The van der Waals surface area contributed by atoms with Gasteiger partial charge in [0.25, 0.3) is 5.91 Å². The standard InChI is InChI=1S/C11H12BrClFNO/c1-7(5-12)6-15-11(16)9-3-2-8(13)4-10(9)14/h2-4,7H,5-6H2,1H3,(H,15,16). The lowest BCUT2D eigenvalue weighted by Gasteiger charge is -2.09. The number of carbonyl (C=O) groups is 1. The molecule has 0 saturated carbocycles. The van der Waals surface area contributed by atoms with Crippen molar-refractivity contribution < 1.29 is 9.18 Å². The van der Waals surface area contributed by atoms with Crippen molar-refractivity contribution in [1.29, 1.82) is 0 Å². The summed E-state index contributed by atoms with van der Waals surface area (Å²) in [6, 6.07) is 4.00. The van der Waals surface area contributed by atoms with Gasteiger partial charge in [-0.1, -0.05) is 34.5 Å². The zero-order valence-electron chi connectivity index (χ0n) is 8.77. The lowest BCUT2D eigenvalue weighted by molar-refractivity contribution is 0.0945. The number of rotatable bonds is 4. The van der Waals surface area contributed by atoms with Crippen LogP contribution in [0.3, 0.4) is 0 Å². The van der Waals surface area contributed by atoms with Gasteiger partial charge in [0, 0.05) is 16.9 Å². The minimum absolute atomic E-state index is 0.0196. The van der Waals surface area contributed by atoms with Gasteiger partial charge in [0.2, 0.25) is 0 Å². The van der Waals surface area contributed by atoms with E-state index in [-0.39, 0.29) is 10.6 Å². The number of benzene rings is 1. The van der Waals surface area contributed by atoms with Crippen LogP contribution in [0.1, 0.15) is 17.3 Å². The second-order valence-corrected chi connectivity index (χ2v) is 4.68. The molecule has 1 atom stereocenters. The largest absolute Gasteiger partial charge is 0.352 e. The molecule has 0 aliphatic carbocycles. The van der Waals surface area contributed by atoms with E-state index in [0.29, 0.717) is 12.5 Å². The highest BCUT2D eigenvalue weighted by Crippen LogP contribution is 2.14. The molecule has 1 N–H and O–H groups in total. The van der Waals surface area contributed by atoms with Crippen LogP contribution in [-0.4, -0.2) is 17.8 Å². The Kier molecular flexibility index (Phi) is 5.22. The number of carbonyl (C=O) groups excluding carboxylic acids is 1. The fraction of sp³-hybridized carbons (Fsp3) is 0.364. The maximum Gasteiger partial charge on any atom is 0.254 e. The highest BCUT2D eigenvalue weighted by atomic mass is 79.9. The summed E-state index contributed by atoms with van der Waals surface area (Å²) in [5.41, 5.74) is 0.0196. The topological polar surface area (TPSA) is 29.1 Å². The Bertz CT molecular complexity index is 386. The van der Waals surface area contributed by atoms with E-state index in [0.717, 1.165) is 11.4 Å². The van der Waals surface area contributed by atoms with E-state index in [4.69, 9.17) is 11.6 Å². The molecule has 2 nitrogen and oxygen atoms in total. The Morgan fingerprint density at radius 1 is 1.62 bits per heavy atom. The molecule has 1 rings (SSSR count). The SMILES string of the molecule is CC(CBr)CNC(=O)c1ccc(Cl)cc1F. The lowest BCUT2D eigenvalue weighted by atomic mass is 10.2. The van der Waals surface area contributed by atoms with Crippen LogP contribution in [0.15, 0.2) is 18.2 Å². The molecule has 88 valence electrons. The molecule has 0 spiro atoms. The minimum atomic E-state index is -0.600. The van der Waals surface area contributed by atoms with Gasteiger partial charge >= 0.3 is 0 Å². The van der Waals surface area contributed by atoms with E-state index in [9.17, 15) is 9.18 Å². The quantitative estimate of drug-likeness (QED) is 0.850. The monoisotopic (exact) mass is 307 g/mol. The molecule has 1 amide bonds. The Labute approximate surface area is 107 Å². The van der Waals surface area contributed by atoms with E-state index in [1.54, 1.807) is 0 Å². The maximum atomic E-state index is 13.4. The molecule has 1 aromatic rings.